The molecular formula is C25H15BrCl2N4O2. The van der Waals surface area contributed by atoms with E-state index in [0.717, 1.165) is 15.5 Å². The van der Waals surface area contributed by atoms with Crippen molar-refractivity contribution in [3.8, 4) is 16.9 Å². The van der Waals surface area contributed by atoms with E-state index >= 15 is 0 Å². The van der Waals surface area contributed by atoms with Crippen molar-refractivity contribution in [1.82, 2.24) is 9.78 Å². The summed E-state index contributed by atoms with van der Waals surface area (Å²) in [6.45, 7) is 0. The van der Waals surface area contributed by atoms with Gasteiger partial charge in [0.1, 0.15) is 11.3 Å². The molecule has 34 heavy (non-hydrogen) atoms. The van der Waals surface area contributed by atoms with Crippen LogP contribution in [0.2, 0.25) is 10.0 Å². The number of aromatic nitrogens is 2. The Hall–Kier alpha value is -3.39. The molecule has 6 nitrogen and oxygen atoms in total. The van der Waals surface area contributed by atoms with Gasteiger partial charge in [0.2, 0.25) is 0 Å². The molecule has 0 aliphatic rings. The summed E-state index contributed by atoms with van der Waals surface area (Å²) in [5, 5.41) is 10.6. The van der Waals surface area contributed by atoms with Crippen molar-refractivity contribution in [3.63, 3.8) is 0 Å². The van der Waals surface area contributed by atoms with Gasteiger partial charge in [-0.15, -0.1) is 0 Å². The topological polar surface area (TPSA) is 72.4 Å². The highest BCUT2D eigenvalue weighted by Crippen LogP contribution is 2.34. The number of hydrogen-bond acceptors (Lipinski definition) is 5. The van der Waals surface area contributed by atoms with E-state index in [9.17, 15) is 4.79 Å². The lowest BCUT2D eigenvalue weighted by atomic mass is 10.1. The normalized spacial score (nSPS) is 11.4. The van der Waals surface area contributed by atoms with Crippen LogP contribution in [-0.2, 0) is 0 Å². The van der Waals surface area contributed by atoms with Crippen molar-refractivity contribution in [2.75, 3.05) is 5.43 Å². The van der Waals surface area contributed by atoms with Crippen molar-refractivity contribution >= 4 is 62.0 Å². The molecule has 9 heteroatoms. The number of nitrogens with one attached hydrogen (secondary N) is 1. The number of fused-ring (bicyclic) bond motifs is 1. The average Bonchev–Trinajstić information content (AvgIpc) is 3.24. The van der Waals surface area contributed by atoms with Crippen molar-refractivity contribution < 1.29 is 4.42 Å². The zero-order valence-electron chi connectivity index (χ0n) is 17.4. The maximum atomic E-state index is 12.8. The fraction of sp³-hybridized carbons (Fsp3) is 0. The SMILES string of the molecule is O=c1oc2ccccc2cc1-c1nn(-c2ccccc2)cc1/C=N/Nc1c(Cl)cc(Br)cc1Cl. The number of para-hydroxylation sites is 2. The molecule has 0 aliphatic heterocycles. The molecule has 0 unspecified atom stereocenters. The van der Waals surface area contributed by atoms with E-state index in [1.54, 1.807) is 41.4 Å². The summed E-state index contributed by atoms with van der Waals surface area (Å²) in [7, 11) is 0. The highest BCUT2D eigenvalue weighted by atomic mass is 79.9. The molecule has 2 heterocycles. The summed E-state index contributed by atoms with van der Waals surface area (Å²) < 4.78 is 7.97. The van der Waals surface area contributed by atoms with Crippen molar-refractivity contribution in [2.24, 2.45) is 5.10 Å². The Bertz CT molecular complexity index is 1570. The molecule has 5 rings (SSSR count). The van der Waals surface area contributed by atoms with Gasteiger partial charge >= 0.3 is 5.63 Å². The van der Waals surface area contributed by atoms with E-state index in [-0.39, 0.29) is 0 Å². The third kappa shape index (κ3) is 4.50. The van der Waals surface area contributed by atoms with Gasteiger partial charge in [0.05, 0.1) is 33.2 Å². The van der Waals surface area contributed by atoms with Crippen LogP contribution in [-0.4, -0.2) is 16.0 Å². The van der Waals surface area contributed by atoms with Gasteiger partial charge in [-0.25, -0.2) is 9.48 Å². The molecule has 168 valence electrons. The summed E-state index contributed by atoms with van der Waals surface area (Å²) in [5.41, 5.74) is 5.55. The predicted molar refractivity (Wildman–Crippen MR) is 140 cm³/mol. The van der Waals surface area contributed by atoms with Crippen LogP contribution >= 0.6 is 39.1 Å². The predicted octanol–water partition coefficient (Wildman–Crippen LogP) is 7.16. The van der Waals surface area contributed by atoms with Gasteiger partial charge in [0, 0.05) is 21.6 Å². The van der Waals surface area contributed by atoms with Crippen LogP contribution in [0.5, 0.6) is 0 Å². The van der Waals surface area contributed by atoms with Crippen LogP contribution in [0.3, 0.4) is 0 Å². The monoisotopic (exact) mass is 552 g/mol. The number of anilines is 1. The molecule has 0 atom stereocenters. The molecule has 3 aromatic carbocycles. The number of rotatable bonds is 5. The molecule has 0 radical (unpaired) electrons. The molecule has 0 spiro atoms. The second kappa shape index (κ2) is 9.46. The van der Waals surface area contributed by atoms with Gasteiger partial charge in [-0.3, -0.25) is 5.43 Å². The van der Waals surface area contributed by atoms with Gasteiger partial charge in [-0.2, -0.15) is 10.2 Å². The Morgan fingerprint density at radius 1 is 1.00 bits per heavy atom. The maximum Gasteiger partial charge on any atom is 0.345 e. The van der Waals surface area contributed by atoms with Crippen molar-refractivity contribution in [1.29, 1.82) is 0 Å². The molecule has 0 bridgehead atoms. The van der Waals surface area contributed by atoms with Crippen LogP contribution in [0.25, 0.3) is 27.9 Å². The molecule has 0 fully saturated rings. The molecule has 0 amide bonds. The molecular weight excluding hydrogens is 539 g/mol. The zero-order chi connectivity index (χ0) is 23.7. The van der Waals surface area contributed by atoms with Crippen molar-refractivity contribution in [2.45, 2.75) is 0 Å². The lowest BCUT2D eigenvalue weighted by Gasteiger charge is -2.06. The molecule has 0 aliphatic carbocycles. The fourth-order valence-corrected chi connectivity index (χ4v) is 4.74. The molecule has 1 N–H and O–H groups in total. The molecule has 0 saturated heterocycles. The Balaban J connectivity index is 1.59. The Labute approximate surface area is 212 Å². The second-order valence-corrected chi connectivity index (χ2v) is 9.04. The van der Waals surface area contributed by atoms with Gasteiger partial charge in [0.15, 0.2) is 0 Å². The number of halogens is 3. The van der Waals surface area contributed by atoms with Gasteiger partial charge in [-0.1, -0.05) is 75.5 Å². The third-order valence-electron chi connectivity index (χ3n) is 5.05. The Morgan fingerprint density at radius 2 is 1.71 bits per heavy atom. The summed E-state index contributed by atoms with van der Waals surface area (Å²) in [6.07, 6.45) is 3.35. The second-order valence-electron chi connectivity index (χ2n) is 7.31. The highest BCUT2D eigenvalue weighted by molar-refractivity contribution is 9.10. The van der Waals surface area contributed by atoms with Gasteiger partial charge in [0.25, 0.3) is 0 Å². The third-order valence-corrected chi connectivity index (χ3v) is 6.10. The standard InChI is InChI=1S/C25H15BrCl2N4O2/c26-17-11-20(27)24(21(28)12-17)30-29-13-16-14-32(18-7-2-1-3-8-18)31-23(16)19-10-15-6-4-5-9-22(15)34-25(19)33/h1-14,30H/b29-13+. The van der Waals surface area contributed by atoms with Crippen LogP contribution in [0.15, 0.2) is 97.8 Å². The smallest absolute Gasteiger partial charge is 0.345 e. The molecule has 2 aromatic heterocycles. The van der Waals surface area contributed by atoms with Gasteiger partial charge < -0.3 is 4.42 Å². The van der Waals surface area contributed by atoms with E-state index in [2.05, 4.69) is 31.6 Å². The van der Waals surface area contributed by atoms with Crippen LogP contribution in [0.1, 0.15) is 5.56 Å². The minimum atomic E-state index is -0.487. The average molecular weight is 554 g/mol. The van der Waals surface area contributed by atoms with Crippen LogP contribution < -0.4 is 11.1 Å². The van der Waals surface area contributed by atoms with E-state index < -0.39 is 5.63 Å². The van der Waals surface area contributed by atoms with Gasteiger partial charge in [-0.05, 0) is 36.4 Å². The fourth-order valence-electron chi connectivity index (χ4n) is 3.45. The van der Waals surface area contributed by atoms with Crippen molar-refractivity contribution in [3.05, 3.63) is 109 Å². The first-order valence-electron chi connectivity index (χ1n) is 10.1. The first kappa shape index (κ1) is 22.4. The highest BCUT2D eigenvalue weighted by Gasteiger charge is 2.17. The minimum Gasteiger partial charge on any atom is -0.422 e. The summed E-state index contributed by atoms with van der Waals surface area (Å²) >= 11 is 15.9. The summed E-state index contributed by atoms with van der Waals surface area (Å²) in [5.74, 6) is 0. The molecule has 0 saturated carbocycles. The maximum absolute atomic E-state index is 12.8. The number of nitrogens with zero attached hydrogens (tertiary/aromatic N) is 3. The van der Waals surface area contributed by atoms with E-state index in [1.165, 1.54) is 0 Å². The van der Waals surface area contributed by atoms with E-state index in [0.29, 0.717) is 38.1 Å². The largest absolute Gasteiger partial charge is 0.422 e. The van der Waals surface area contributed by atoms with E-state index in [1.807, 2.05) is 48.5 Å². The number of hydrogen-bond donors (Lipinski definition) is 1. The Kier molecular flexibility index (Phi) is 6.24. The quantitative estimate of drug-likeness (QED) is 0.142. The summed E-state index contributed by atoms with van der Waals surface area (Å²) in [4.78, 5) is 12.8. The van der Waals surface area contributed by atoms with Crippen LogP contribution in [0.4, 0.5) is 5.69 Å². The molecule has 5 aromatic rings. The lowest BCUT2D eigenvalue weighted by Crippen LogP contribution is -2.05. The first-order chi connectivity index (χ1) is 16.5. The van der Waals surface area contributed by atoms with Crippen LogP contribution in [0, 0.1) is 0 Å². The lowest BCUT2D eigenvalue weighted by molar-refractivity contribution is 0.563. The minimum absolute atomic E-state index is 0.328. The zero-order valence-corrected chi connectivity index (χ0v) is 20.5. The number of hydrazone groups is 1. The van der Waals surface area contributed by atoms with E-state index in [4.69, 9.17) is 27.6 Å². The summed E-state index contributed by atoms with van der Waals surface area (Å²) in [6, 6.07) is 22.1. The Morgan fingerprint density at radius 3 is 2.47 bits per heavy atom. The first-order valence-corrected chi connectivity index (χ1v) is 11.7. The number of benzene rings is 3.